The molecule has 0 spiro atoms. The van der Waals surface area contributed by atoms with Crippen LogP contribution in [0.5, 0.6) is 11.5 Å². The summed E-state index contributed by atoms with van der Waals surface area (Å²) in [4.78, 5) is 4.72. The molecule has 0 bridgehead atoms. The number of thiazole rings is 1. The Hall–Kier alpha value is -1.84. The van der Waals surface area contributed by atoms with Crippen molar-refractivity contribution < 1.29 is 9.47 Å². The first-order valence-corrected chi connectivity index (χ1v) is 10.7. The third kappa shape index (κ3) is 4.66. The number of aromatic nitrogens is 3. The van der Waals surface area contributed by atoms with Gasteiger partial charge in [0, 0.05) is 22.7 Å². The third-order valence-electron chi connectivity index (χ3n) is 3.34. The molecule has 6 nitrogen and oxygen atoms in total. The van der Waals surface area contributed by atoms with Crippen molar-refractivity contribution in [3.8, 4) is 22.1 Å². The summed E-state index contributed by atoms with van der Waals surface area (Å²) in [6.07, 6.45) is 0. The standard InChI is InChI=1S/C17H20N4O2S3/c1-10(2)18-16-20-21-17(26-16)25-9-12-8-24-15(19-12)11-5-6-13(22-3)14(7-11)23-4/h5-8,10H,9H2,1-4H3,(H,18,20). The van der Waals surface area contributed by atoms with E-state index in [1.807, 2.05) is 18.2 Å². The quantitative estimate of drug-likeness (QED) is 0.537. The second-order valence-corrected chi connectivity index (χ2v) is 8.73. The molecule has 0 unspecified atom stereocenters. The van der Waals surface area contributed by atoms with E-state index in [2.05, 4.69) is 34.7 Å². The maximum Gasteiger partial charge on any atom is 0.206 e. The Bertz CT molecular complexity index is 863. The lowest BCUT2D eigenvalue weighted by molar-refractivity contribution is 0.355. The van der Waals surface area contributed by atoms with Gasteiger partial charge < -0.3 is 14.8 Å². The van der Waals surface area contributed by atoms with Gasteiger partial charge in [0.15, 0.2) is 15.8 Å². The summed E-state index contributed by atoms with van der Waals surface area (Å²) in [5, 5.41) is 15.5. The summed E-state index contributed by atoms with van der Waals surface area (Å²) >= 11 is 4.83. The van der Waals surface area contributed by atoms with Gasteiger partial charge in [-0.15, -0.1) is 21.5 Å². The van der Waals surface area contributed by atoms with Gasteiger partial charge in [-0.25, -0.2) is 4.98 Å². The number of hydrogen-bond donors (Lipinski definition) is 1. The molecule has 0 aliphatic rings. The Labute approximate surface area is 165 Å². The molecular weight excluding hydrogens is 388 g/mol. The second kappa shape index (κ2) is 8.70. The minimum atomic E-state index is 0.350. The van der Waals surface area contributed by atoms with Crippen LogP contribution in [0.1, 0.15) is 19.5 Å². The minimum Gasteiger partial charge on any atom is -0.493 e. The van der Waals surface area contributed by atoms with Gasteiger partial charge in [0.05, 0.1) is 19.9 Å². The average Bonchev–Trinajstić information content (AvgIpc) is 3.28. The highest BCUT2D eigenvalue weighted by Crippen LogP contribution is 2.35. The molecule has 0 fully saturated rings. The van der Waals surface area contributed by atoms with Gasteiger partial charge >= 0.3 is 0 Å². The van der Waals surface area contributed by atoms with E-state index in [0.717, 1.165) is 31.5 Å². The SMILES string of the molecule is COc1ccc(-c2nc(CSc3nnc(NC(C)C)s3)cs2)cc1OC. The highest BCUT2D eigenvalue weighted by molar-refractivity contribution is 8.00. The van der Waals surface area contributed by atoms with Crippen molar-refractivity contribution in [1.29, 1.82) is 0 Å². The van der Waals surface area contributed by atoms with E-state index in [1.165, 1.54) is 0 Å². The van der Waals surface area contributed by atoms with Crippen LogP contribution >= 0.6 is 34.4 Å². The fourth-order valence-corrected chi connectivity index (χ4v) is 4.90. The lowest BCUT2D eigenvalue weighted by atomic mass is 10.2. The number of hydrogen-bond acceptors (Lipinski definition) is 9. The lowest BCUT2D eigenvalue weighted by Crippen LogP contribution is -2.08. The van der Waals surface area contributed by atoms with E-state index in [0.29, 0.717) is 17.5 Å². The van der Waals surface area contributed by atoms with Crippen LogP contribution in [-0.4, -0.2) is 35.4 Å². The molecular formula is C17H20N4O2S3. The molecule has 0 saturated carbocycles. The molecule has 1 N–H and O–H groups in total. The summed E-state index contributed by atoms with van der Waals surface area (Å²) in [5.74, 6) is 2.18. The summed E-state index contributed by atoms with van der Waals surface area (Å²) in [6, 6.07) is 6.19. The number of rotatable bonds is 8. The number of ether oxygens (including phenoxy) is 2. The van der Waals surface area contributed by atoms with Crippen molar-refractivity contribution in [2.45, 2.75) is 30.0 Å². The Balaban J connectivity index is 1.65. The predicted molar refractivity (Wildman–Crippen MR) is 109 cm³/mol. The van der Waals surface area contributed by atoms with E-state index >= 15 is 0 Å². The monoisotopic (exact) mass is 408 g/mol. The molecule has 2 aromatic heterocycles. The molecule has 26 heavy (non-hydrogen) atoms. The lowest BCUT2D eigenvalue weighted by Gasteiger charge is -2.08. The van der Waals surface area contributed by atoms with Gasteiger partial charge in [-0.1, -0.05) is 23.1 Å². The van der Waals surface area contributed by atoms with Gasteiger partial charge in [-0.05, 0) is 32.0 Å². The molecule has 0 amide bonds. The first kappa shape index (κ1) is 18.9. The first-order chi connectivity index (χ1) is 12.6. The molecule has 3 rings (SSSR count). The van der Waals surface area contributed by atoms with E-state index in [4.69, 9.17) is 14.5 Å². The maximum absolute atomic E-state index is 5.37. The predicted octanol–water partition coefficient (Wildman–Crippen LogP) is 4.79. The van der Waals surface area contributed by atoms with E-state index < -0.39 is 0 Å². The number of methoxy groups -OCH3 is 2. The summed E-state index contributed by atoms with van der Waals surface area (Å²) in [5.41, 5.74) is 2.04. The Morgan fingerprint density at radius 3 is 2.69 bits per heavy atom. The van der Waals surface area contributed by atoms with E-state index in [9.17, 15) is 0 Å². The van der Waals surface area contributed by atoms with E-state index in [1.54, 1.807) is 48.7 Å². The van der Waals surface area contributed by atoms with Crippen LogP contribution in [0.25, 0.3) is 10.6 Å². The molecule has 0 aliphatic heterocycles. The van der Waals surface area contributed by atoms with Gasteiger partial charge in [-0.3, -0.25) is 0 Å². The Morgan fingerprint density at radius 2 is 1.96 bits per heavy atom. The third-order valence-corrected chi connectivity index (χ3v) is 6.31. The molecule has 9 heteroatoms. The van der Waals surface area contributed by atoms with Crippen LogP contribution in [0.4, 0.5) is 5.13 Å². The fourth-order valence-electron chi connectivity index (χ4n) is 2.18. The van der Waals surface area contributed by atoms with Crippen molar-refractivity contribution in [1.82, 2.24) is 15.2 Å². The molecule has 138 valence electrons. The minimum absolute atomic E-state index is 0.350. The van der Waals surface area contributed by atoms with Crippen LogP contribution in [0, 0.1) is 0 Å². The molecule has 0 aliphatic carbocycles. The van der Waals surface area contributed by atoms with Gasteiger partial charge in [-0.2, -0.15) is 0 Å². The molecule has 2 heterocycles. The van der Waals surface area contributed by atoms with Gasteiger partial charge in [0.2, 0.25) is 5.13 Å². The zero-order chi connectivity index (χ0) is 18.5. The number of benzene rings is 1. The number of anilines is 1. The normalized spacial score (nSPS) is 11.0. The van der Waals surface area contributed by atoms with Gasteiger partial charge in [0.25, 0.3) is 0 Å². The van der Waals surface area contributed by atoms with Crippen LogP contribution in [0.3, 0.4) is 0 Å². The fraction of sp³-hybridized carbons (Fsp3) is 0.353. The number of thioether (sulfide) groups is 1. The second-order valence-electron chi connectivity index (χ2n) is 5.67. The average molecular weight is 409 g/mol. The highest BCUT2D eigenvalue weighted by atomic mass is 32.2. The van der Waals surface area contributed by atoms with Crippen LogP contribution in [0.15, 0.2) is 27.9 Å². The maximum atomic E-state index is 5.37. The van der Waals surface area contributed by atoms with Crippen molar-refractivity contribution in [3.63, 3.8) is 0 Å². The van der Waals surface area contributed by atoms with Crippen LogP contribution in [-0.2, 0) is 5.75 Å². The largest absolute Gasteiger partial charge is 0.493 e. The summed E-state index contributed by atoms with van der Waals surface area (Å²) < 4.78 is 11.6. The molecule has 3 aromatic rings. The van der Waals surface area contributed by atoms with Crippen molar-refractivity contribution in [3.05, 3.63) is 29.3 Å². The zero-order valence-corrected chi connectivity index (χ0v) is 17.4. The molecule has 0 radical (unpaired) electrons. The van der Waals surface area contributed by atoms with Crippen molar-refractivity contribution in [2.24, 2.45) is 0 Å². The summed E-state index contributed by atoms with van der Waals surface area (Å²) in [7, 11) is 3.27. The number of nitrogens with one attached hydrogen (secondary N) is 1. The highest BCUT2D eigenvalue weighted by Gasteiger charge is 2.11. The van der Waals surface area contributed by atoms with Crippen LogP contribution in [0.2, 0.25) is 0 Å². The number of nitrogens with zero attached hydrogens (tertiary/aromatic N) is 3. The van der Waals surface area contributed by atoms with E-state index in [-0.39, 0.29) is 0 Å². The molecule has 1 aromatic carbocycles. The zero-order valence-electron chi connectivity index (χ0n) is 15.0. The molecule has 0 atom stereocenters. The smallest absolute Gasteiger partial charge is 0.206 e. The Kier molecular flexibility index (Phi) is 6.33. The summed E-state index contributed by atoms with van der Waals surface area (Å²) in [6.45, 7) is 4.17. The molecule has 0 saturated heterocycles. The van der Waals surface area contributed by atoms with Crippen molar-refractivity contribution >= 4 is 39.6 Å². The first-order valence-electron chi connectivity index (χ1n) is 7.98. The van der Waals surface area contributed by atoms with Gasteiger partial charge in [0.1, 0.15) is 5.01 Å². The van der Waals surface area contributed by atoms with Crippen molar-refractivity contribution in [2.75, 3.05) is 19.5 Å². The Morgan fingerprint density at radius 1 is 1.15 bits per heavy atom. The van der Waals surface area contributed by atoms with Crippen LogP contribution < -0.4 is 14.8 Å². The topological polar surface area (TPSA) is 69.2 Å².